The smallest absolute Gasteiger partial charge is 0.224 e. The first kappa shape index (κ1) is 39.4. The zero-order valence-electron chi connectivity index (χ0n) is 31.7. The molecule has 286 valence electrons. The zero-order valence-corrected chi connectivity index (χ0v) is 31.7. The van der Waals surface area contributed by atoms with E-state index in [1.807, 2.05) is 66.7 Å². The number of benzene rings is 5. The summed E-state index contributed by atoms with van der Waals surface area (Å²) in [4.78, 5) is 27.3. The summed E-state index contributed by atoms with van der Waals surface area (Å²) in [6.45, 7) is 3.35. The Bertz CT molecular complexity index is 2000. The van der Waals surface area contributed by atoms with E-state index in [2.05, 4.69) is 78.0 Å². The van der Waals surface area contributed by atoms with Crippen LogP contribution in [0.2, 0.25) is 0 Å². The highest BCUT2D eigenvalue weighted by atomic mass is 16.7. The van der Waals surface area contributed by atoms with E-state index in [1.54, 1.807) is 12.1 Å². The van der Waals surface area contributed by atoms with Gasteiger partial charge in [0.15, 0.2) is 6.29 Å². The zero-order chi connectivity index (χ0) is 38.6. The van der Waals surface area contributed by atoms with E-state index < -0.39 is 6.29 Å². The number of likely N-dealkylation sites (N-methyl/N-ethyl adjacent to an activating group) is 1. The van der Waals surface area contributed by atoms with Gasteiger partial charge in [0.2, 0.25) is 11.8 Å². The van der Waals surface area contributed by atoms with Crippen molar-refractivity contribution < 1.29 is 24.2 Å². The second-order valence-electron chi connectivity index (χ2n) is 14.3. The highest BCUT2D eigenvalue weighted by Crippen LogP contribution is 2.39. The van der Waals surface area contributed by atoms with Crippen molar-refractivity contribution in [3.63, 3.8) is 0 Å². The molecule has 0 saturated carbocycles. The number of nitrogens with one attached hydrogen (secondary N) is 2. The first-order valence-corrected chi connectivity index (χ1v) is 19.1. The Morgan fingerprint density at radius 3 is 2.22 bits per heavy atom. The molecule has 5 aromatic carbocycles. The summed E-state index contributed by atoms with van der Waals surface area (Å²) >= 11 is 0. The number of hydrogen-bond donors (Lipinski definition) is 4. The van der Waals surface area contributed by atoms with Gasteiger partial charge in [-0.3, -0.25) is 14.5 Å². The van der Waals surface area contributed by atoms with Crippen LogP contribution >= 0.6 is 0 Å². The van der Waals surface area contributed by atoms with Crippen molar-refractivity contribution in [2.45, 2.75) is 76.7 Å². The first-order valence-electron chi connectivity index (χ1n) is 19.1. The fourth-order valence-electron chi connectivity index (χ4n) is 6.91. The molecule has 1 aliphatic rings. The number of unbranched alkanes of at least 4 members (excludes halogenated alkanes) is 1. The number of carbonyl (C=O) groups is 2. The Morgan fingerprint density at radius 1 is 0.782 bits per heavy atom. The molecule has 1 aliphatic heterocycles. The molecule has 0 radical (unpaired) electrons. The van der Waals surface area contributed by atoms with E-state index >= 15 is 0 Å². The molecule has 0 aromatic heterocycles. The molecule has 9 heteroatoms. The van der Waals surface area contributed by atoms with Crippen LogP contribution in [0.15, 0.2) is 127 Å². The Kier molecular flexibility index (Phi) is 13.8. The van der Waals surface area contributed by atoms with Crippen LogP contribution < -0.4 is 16.4 Å². The fourth-order valence-corrected chi connectivity index (χ4v) is 6.91. The minimum absolute atomic E-state index is 0.00329. The molecule has 1 saturated heterocycles. The van der Waals surface area contributed by atoms with Crippen LogP contribution in [0.4, 0.5) is 11.4 Å². The van der Waals surface area contributed by atoms with Gasteiger partial charge >= 0.3 is 0 Å². The van der Waals surface area contributed by atoms with Gasteiger partial charge in [-0.1, -0.05) is 103 Å². The number of nitrogen functional groups attached to an aromatic ring is 1. The van der Waals surface area contributed by atoms with Gasteiger partial charge in [-0.25, -0.2) is 0 Å². The Morgan fingerprint density at radius 2 is 1.47 bits per heavy atom. The molecule has 1 heterocycles. The van der Waals surface area contributed by atoms with Crippen molar-refractivity contribution in [3.05, 3.63) is 155 Å². The molecule has 0 bridgehead atoms. The Hall–Kier alpha value is -5.32. The molecule has 1 fully saturated rings. The number of aliphatic hydroxyl groups is 1. The second kappa shape index (κ2) is 19.3. The van der Waals surface area contributed by atoms with Gasteiger partial charge in [0, 0.05) is 44.0 Å². The third kappa shape index (κ3) is 11.1. The van der Waals surface area contributed by atoms with E-state index in [0.29, 0.717) is 50.0 Å². The Labute approximate surface area is 324 Å². The largest absolute Gasteiger partial charge is 0.397 e. The lowest BCUT2D eigenvalue weighted by Crippen LogP contribution is -2.38. The van der Waals surface area contributed by atoms with Crippen molar-refractivity contribution >= 4 is 23.2 Å². The highest BCUT2D eigenvalue weighted by molar-refractivity contribution is 5.93. The predicted octanol–water partition coefficient (Wildman–Crippen LogP) is 8.48. The van der Waals surface area contributed by atoms with Crippen molar-refractivity contribution in [1.82, 2.24) is 10.2 Å². The molecule has 55 heavy (non-hydrogen) atoms. The van der Waals surface area contributed by atoms with Crippen LogP contribution in [0, 0.1) is 0 Å². The van der Waals surface area contributed by atoms with E-state index in [-0.39, 0.29) is 36.7 Å². The summed E-state index contributed by atoms with van der Waals surface area (Å²) in [5.74, 6) is -0.166. The fraction of sp³-hybridized carbons (Fsp3) is 0.304. The van der Waals surface area contributed by atoms with E-state index in [9.17, 15) is 14.7 Å². The summed E-state index contributed by atoms with van der Waals surface area (Å²) in [6.07, 6.45) is 1.74. The van der Waals surface area contributed by atoms with Gasteiger partial charge in [0.25, 0.3) is 0 Å². The van der Waals surface area contributed by atoms with E-state index in [0.717, 1.165) is 39.9 Å². The van der Waals surface area contributed by atoms with Gasteiger partial charge in [-0.2, -0.15) is 0 Å². The van der Waals surface area contributed by atoms with Crippen molar-refractivity contribution in [2.24, 2.45) is 0 Å². The average Bonchev–Trinajstić information content (AvgIpc) is 3.22. The molecule has 2 amide bonds. The number of nitrogens with two attached hydrogens (primary N) is 1. The van der Waals surface area contributed by atoms with Gasteiger partial charge in [0.1, 0.15) is 0 Å². The summed E-state index contributed by atoms with van der Waals surface area (Å²) < 4.78 is 13.4. The van der Waals surface area contributed by atoms with Crippen LogP contribution in [0.1, 0.15) is 85.3 Å². The number of rotatable bonds is 16. The van der Waals surface area contributed by atoms with Gasteiger partial charge < -0.3 is 30.9 Å². The summed E-state index contributed by atoms with van der Waals surface area (Å²) in [6, 6.07) is 42.3. The minimum Gasteiger partial charge on any atom is -0.397 e. The molecule has 0 unspecified atom stereocenters. The molecule has 5 aromatic rings. The van der Waals surface area contributed by atoms with Gasteiger partial charge in [-0.15, -0.1) is 0 Å². The van der Waals surface area contributed by atoms with Crippen LogP contribution in [0.3, 0.4) is 0 Å². The normalized spacial score (nSPS) is 17.4. The number of hydrogen-bond acceptors (Lipinski definition) is 7. The second-order valence-corrected chi connectivity index (χ2v) is 14.3. The molecular formula is C46H52N4O5. The van der Waals surface area contributed by atoms with Gasteiger partial charge in [-0.05, 0) is 84.5 Å². The summed E-state index contributed by atoms with van der Waals surface area (Å²) in [5.41, 5.74) is 14.2. The number of amides is 2. The topological polar surface area (TPSA) is 126 Å². The summed E-state index contributed by atoms with van der Waals surface area (Å²) in [7, 11) is 2.14. The minimum atomic E-state index is -0.577. The number of aliphatic hydroxyl groups excluding tert-OH is 1. The lowest BCUT2D eigenvalue weighted by atomic mass is 9.98. The Balaban J connectivity index is 1.07. The number of para-hydroxylation sites is 2. The number of ether oxygens (including phenoxy) is 2. The van der Waals surface area contributed by atoms with Crippen LogP contribution in [0.25, 0.3) is 11.1 Å². The molecule has 4 atom stereocenters. The lowest BCUT2D eigenvalue weighted by Gasteiger charge is -2.39. The third-order valence-electron chi connectivity index (χ3n) is 10.3. The van der Waals surface area contributed by atoms with Crippen molar-refractivity contribution in [3.8, 4) is 11.1 Å². The quantitative estimate of drug-likeness (QED) is 0.0591. The SMILES string of the molecule is C[C@@H](c1ccccc1)N(C)C[C@@H]1C[C@H](c2ccc(CO)cc2)O[C@H](c2cccc(-c3cccc(CNC(=O)CCCCC(=O)Nc4ccccc4N)c3)c2)O1. The van der Waals surface area contributed by atoms with Gasteiger partial charge in [0.05, 0.1) is 30.2 Å². The van der Waals surface area contributed by atoms with E-state index in [1.165, 1.54) is 5.56 Å². The first-order chi connectivity index (χ1) is 26.7. The maximum absolute atomic E-state index is 12.7. The highest BCUT2D eigenvalue weighted by Gasteiger charge is 2.33. The molecule has 9 nitrogen and oxygen atoms in total. The predicted molar refractivity (Wildman–Crippen MR) is 218 cm³/mol. The van der Waals surface area contributed by atoms with Crippen molar-refractivity contribution in [2.75, 3.05) is 24.6 Å². The number of carbonyl (C=O) groups excluding carboxylic acids is 2. The average molecular weight is 741 g/mol. The lowest BCUT2D eigenvalue weighted by molar-refractivity contribution is -0.253. The standard InChI is InChI=1S/C46H52N4O5/c1-32(35-13-4-3-5-14-35)50(2)30-40-28-43(36-24-22-33(31-51)23-25-36)55-46(54-40)39-17-11-16-38(27-39)37-15-10-12-34(26-37)29-48-44(52)20-8-9-21-45(53)49-42-19-7-6-18-41(42)47/h3-7,10-19,22-27,32,40,43,46,51H,8-9,20-21,28-31,47H2,1-2H3,(H,48,52)(H,49,53)/t32-,40-,43+,46+/m0/s1. The van der Waals surface area contributed by atoms with Crippen LogP contribution in [-0.2, 0) is 32.2 Å². The van der Waals surface area contributed by atoms with Crippen molar-refractivity contribution in [1.29, 1.82) is 0 Å². The molecule has 5 N–H and O–H groups in total. The maximum Gasteiger partial charge on any atom is 0.224 e. The molecule has 0 aliphatic carbocycles. The number of anilines is 2. The number of nitrogens with zero attached hydrogens (tertiary/aromatic N) is 1. The van der Waals surface area contributed by atoms with E-state index in [4.69, 9.17) is 15.2 Å². The molecular weight excluding hydrogens is 689 g/mol. The maximum atomic E-state index is 12.7. The summed E-state index contributed by atoms with van der Waals surface area (Å²) in [5, 5.41) is 15.5. The molecule has 0 spiro atoms. The third-order valence-corrected chi connectivity index (χ3v) is 10.3. The van der Waals surface area contributed by atoms with Crippen LogP contribution in [0.5, 0.6) is 0 Å². The monoisotopic (exact) mass is 740 g/mol. The van der Waals surface area contributed by atoms with Crippen LogP contribution in [-0.4, -0.2) is 41.5 Å². The molecule has 6 rings (SSSR count).